The highest BCUT2D eigenvalue weighted by atomic mass is 16.6. The van der Waals surface area contributed by atoms with E-state index in [2.05, 4.69) is 5.73 Å². The van der Waals surface area contributed by atoms with E-state index in [1.807, 2.05) is 27.7 Å². The molecule has 3 heteroatoms. The van der Waals surface area contributed by atoms with Gasteiger partial charge in [-0.1, -0.05) is 0 Å². The Kier molecular flexibility index (Phi) is 3.52. The Balaban J connectivity index is 3.71. The number of esters is 1. The van der Waals surface area contributed by atoms with Gasteiger partial charge in [-0.05, 0) is 27.7 Å². The van der Waals surface area contributed by atoms with Crippen LogP contribution in [-0.4, -0.2) is 17.6 Å². The number of carbonyl (C=O) groups is 1. The molecular weight excluding hydrogens is 142 g/mol. The van der Waals surface area contributed by atoms with Crippen LogP contribution in [-0.2, 0) is 9.53 Å². The van der Waals surface area contributed by atoms with Gasteiger partial charge < -0.3 is 10.5 Å². The minimum absolute atomic E-state index is 0.129. The van der Waals surface area contributed by atoms with Crippen LogP contribution < -0.4 is 5.73 Å². The van der Waals surface area contributed by atoms with Gasteiger partial charge in [-0.25, -0.2) is 0 Å². The molecule has 0 saturated heterocycles. The second kappa shape index (κ2) is 3.72. The molecule has 0 heterocycles. The van der Waals surface area contributed by atoms with Gasteiger partial charge >= 0.3 is 5.97 Å². The van der Waals surface area contributed by atoms with Crippen molar-refractivity contribution in [3.63, 3.8) is 0 Å². The summed E-state index contributed by atoms with van der Waals surface area (Å²) in [6, 6.07) is 0.129. The van der Waals surface area contributed by atoms with Crippen LogP contribution in [0.25, 0.3) is 0 Å². The summed E-state index contributed by atoms with van der Waals surface area (Å²) in [5.74, 6) is -0.167. The van der Waals surface area contributed by atoms with E-state index in [9.17, 15) is 4.79 Å². The zero-order valence-electron chi connectivity index (χ0n) is 7.81. The van der Waals surface area contributed by atoms with E-state index in [-0.39, 0.29) is 17.6 Å². The van der Waals surface area contributed by atoms with E-state index in [1.165, 1.54) is 0 Å². The summed E-state index contributed by atoms with van der Waals surface area (Å²) >= 11 is 0. The highest BCUT2D eigenvalue weighted by Crippen LogP contribution is 2.08. The lowest BCUT2D eigenvalue weighted by atomic mass is 10.2. The van der Waals surface area contributed by atoms with Crippen molar-refractivity contribution in [3.8, 4) is 0 Å². The standard InChI is InChI=1S/C8H17NO2/c1-6(9)5-7(10)11-8(2,3)4/h6H,5,9H2,1-4H3/p+1/t6-/m0/s1. The SMILES string of the molecule is C[C@H]([NH3+])CC(=O)OC(C)(C)C. The van der Waals surface area contributed by atoms with Crippen molar-refractivity contribution in [2.75, 3.05) is 0 Å². The number of rotatable bonds is 2. The molecule has 66 valence electrons. The maximum Gasteiger partial charge on any atom is 0.312 e. The predicted octanol–water partition coefficient (Wildman–Crippen LogP) is 0.349. The molecule has 11 heavy (non-hydrogen) atoms. The van der Waals surface area contributed by atoms with Crippen LogP contribution in [0, 0.1) is 0 Å². The maximum atomic E-state index is 11.0. The molecule has 0 aromatic heterocycles. The number of hydrogen-bond acceptors (Lipinski definition) is 2. The Bertz CT molecular complexity index is 136. The van der Waals surface area contributed by atoms with Gasteiger partial charge in [0.15, 0.2) is 0 Å². The third-order valence-electron chi connectivity index (χ3n) is 0.935. The third-order valence-corrected chi connectivity index (χ3v) is 0.935. The van der Waals surface area contributed by atoms with Gasteiger partial charge in [0.25, 0.3) is 0 Å². The van der Waals surface area contributed by atoms with E-state index < -0.39 is 0 Å². The second-order valence-electron chi connectivity index (χ2n) is 3.90. The van der Waals surface area contributed by atoms with E-state index in [1.54, 1.807) is 0 Å². The van der Waals surface area contributed by atoms with Gasteiger partial charge in [-0.3, -0.25) is 4.79 Å². The molecule has 0 saturated carbocycles. The van der Waals surface area contributed by atoms with Crippen LogP contribution in [0.5, 0.6) is 0 Å². The molecule has 0 spiro atoms. The van der Waals surface area contributed by atoms with Crippen LogP contribution in [0.3, 0.4) is 0 Å². The van der Waals surface area contributed by atoms with E-state index in [0.717, 1.165) is 0 Å². The zero-order valence-corrected chi connectivity index (χ0v) is 7.81. The van der Waals surface area contributed by atoms with Crippen molar-refractivity contribution < 1.29 is 15.3 Å². The maximum absolute atomic E-state index is 11.0. The number of hydrogen-bond donors (Lipinski definition) is 1. The molecule has 0 rings (SSSR count). The monoisotopic (exact) mass is 160 g/mol. The fourth-order valence-corrected chi connectivity index (χ4v) is 0.668. The highest BCUT2D eigenvalue weighted by Gasteiger charge is 2.17. The molecule has 0 bridgehead atoms. The van der Waals surface area contributed by atoms with Gasteiger partial charge in [0, 0.05) is 0 Å². The summed E-state index contributed by atoms with van der Waals surface area (Å²) in [7, 11) is 0. The first-order chi connectivity index (χ1) is 4.81. The number of carbonyl (C=O) groups excluding carboxylic acids is 1. The summed E-state index contributed by atoms with van der Waals surface area (Å²) in [6.07, 6.45) is 0.400. The van der Waals surface area contributed by atoms with Crippen LogP contribution in [0.2, 0.25) is 0 Å². The van der Waals surface area contributed by atoms with Crippen molar-refractivity contribution in [2.24, 2.45) is 0 Å². The summed E-state index contributed by atoms with van der Waals surface area (Å²) < 4.78 is 5.07. The summed E-state index contributed by atoms with van der Waals surface area (Å²) in [5.41, 5.74) is 3.34. The van der Waals surface area contributed by atoms with E-state index in [0.29, 0.717) is 6.42 Å². The number of quaternary nitrogens is 1. The van der Waals surface area contributed by atoms with Crippen LogP contribution in [0.15, 0.2) is 0 Å². The molecule has 3 nitrogen and oxygen atoms in total. The van der Waals surface area contributed by atoms with Crippen molar-refractivity contribution >= 4 is 5.97 Å². The van der Waals surface area contributed by atoms with Crippen LogP contribution in [0.4, 0.5) is 0 Å². The molecule has 0 amide bonds. The Morgan fingerprint density at radius 3 is 2.27 bits per heavy atom. The minimum Gasteiger partial charge on any atom is -0.460 e. The molecule has 0 aliphatic rings. The lowest BCUT2D eigenvalue weighted by Gasteiger charge is -2.19. The molecule has 1 atom stereocenters. The van der Waals surface area contributed by atoms with E-state index in [4.69, 9.17) is 4.74 Å². The molecule has 0 radical (unpaired) electrons. The Hall–Kier alpha value is -0.570. The molecule has 0 aromatic carbocycles. The Morgan fingerprint density at radius 2 is 2.00 bits per heavy atom. The fourth-order valence-electron chi connectivity index (χ4n) is 0.668. The summed E-state index contributed by atoms with van der Waals surface area (Å²) in [5, 5.41) is 0. The van der Waals surface area contributed by atoms with Gasteiger partial charge in [-0.2, -0.15) is 0 Å². The topological polar surface area (TPSA) is 53.9 Å². The molecule has 0 fully saturated rings. The smallest absolute Gasteiger partial charge is 0.312 e. The highest BCUT2D eigenvalue weighted by molar-refractivity contribution is 5.70. The van der Waals surface area contributed by atoms with Crippen LogP contribution in [0.1, 0.15) is 34.1 Å². The molecule has 0 aliphatic heterocycles. The lowest BCUT2D eigenvalue weighted by Crippen LogP contribution is -2.60. The van der Waals surface area contributed by atoms with Crippen molar-refractivity contribution in [1.82, 2.24) is 0 Å². The first-order valence-electron chi connectivity index (χ1n) is 3.86. The first-order valence-corrected chi connectivity index (χ1v) is 3.86. The van der Waals surface area contributed by atoms with Gasteiger partial charge in [-0.15, -0.1) is 0 Å². The average molecular weight is 160 g/mol. The van der Waals surface area contributed by atoms with Gasteiger partial charge in [0.1, 0.15) is 5.60 Å². The predicted molar refractivity (Wildman–Crippen MR) is 42.8 cm³/mol. The fraction of sp³-hybridized carbons (Fsp3) is 0.875. The molecule has 0 aliphatic carbocycles. The normalized spacial score (nSPS) is 14.3. The van der Waals surface area contributed by atoms with Gasteiger partial charge in [0.2, 0.25) is 0 Å². The van der Waals surface area contributed by atoms with Crippen molar-refractivity contribution in [3.05, 3.63) is 0 Å². The molecule has 3 N–H and O–H groups in total. The molecule has 0 unspecified atom stereocenters. The summed E-state index contributed by atoms with van der Waals surface area (Å²) in [6.45, 7) is 7.47. The van der Waals surface area contributed by atoms with Gasteiger partial charge in [0.05, 0.1) is 12.5 Å². The lowest BCUT2D eigenvalue weighted by molar-refractivity contribution is -0.413. The minimum atomic E-state index is -0.369. The zero-order chi connectivity index (χ0) is 9.07. The van der Waals surface area contributed by atoms with Crippen molar-refractivity contribution in [1.29, 1.82) is 0 Å². The van der Waals surface area contributed by atoms with Crippen molar-refractivity contribution in [2.45, 2.75) is 45.8 Å². The Labute approximate surface area is 67.9 Å². The second-order valence-corrected chi connectivity index (χ2v) is 3.90. The molecular formula is C8H18NO2+. The number of ether oxygens (including phenoxy) is 1. The third kappa shape index (κ3) is 7.33. The Morgan fingerprint density at radius 1 is 1.55 bits per heavy atom. The van der Waals surface area contributed by atoms with Crippen LogP contribution >= 0.6 is 0 Å². The first kappa shape index (κ1) is 10.4. The largest absolute Gasteiger partial charge is 0.460 e. The summed E-state index contributed by atoms with van der Waals surface area (Å²) in [4.78, 5) is 11.0. The molecule has 0 aromatic rings. The average Bonchev–Trinajstić information content (AvgIpc) is 1.53. The quantitative estimate of drug-likeness (QED) is 0.592. The van der Waals surface area contributed by atoms with E-state index >= 15 is 0 Å².